The van der Waals surface area contributed by atoms with Gasteiger partial charge in [0.2, 0.25) is 0 Å². The number of hydrogen-bond donors (Lipinski definition) is 1. The van der Waals surface area contributed by atoms with E-state index in [4.69, 9.17) is 4.74 Å². The molecule has 6 nitrogen and oxygen atoms in total. The van der Waals surface area contributed by atoms with E-state index in [1.807, 2.05) is 4.68 Å². The van der Waals surface area contributed by atoms with Crippen LogP contribution in [0.25, 0.3) is 0 Å². The van der Waals surface area contributed by atoms with Crippen molar-refractivity contribution in [3.05, 3.63) is 5.82 Å². The molecule has 0 spiro atoms. The number of hydrogen-bond acceptors (Lipinski definition) is 5. The van der Waals surface area contributed by atoms with Crippen LogP contribution in [0.1, 0.15) is 38.9 Å². The zero-order chi connectivity index (χ0) is 12.8. The minimum absolute atomic E-state index is 0.366. The fourth-order valence-corrected chi connectivity index (χ4v) is 2.44. The Morgan fingerprint density at radius 2 is 2.33 bits per heavy atom. The highest BCUT2D eigenvalue weighted by molar-refractivity contribution is 4.83. The van der Waals surface area contributed by atoms with E-state index < -0.39 is 0 Å². The molecule has 1 aromatic rings. The standard InChI is InChI=1S/C12H23N5O/c1-3-6-13-8-12-14-15-16-17(12)9-10-5-7-18-11(10)4-2/h10-11,13H,3-9H2,1-2H3. The van der Waals surface area contributed by atoms with Crippen LogP contribution in [0.15, 0.2) is 0 Å². The van der Waals surface area contributed by atoms with Crippen LogP contribution in [-0.2, 0) is 17.8 Å². The van der Waals surface area contributed by atoms with Crippen LogP contribution in [0.5, 0.6) is 0 Å². The number of nitrogens with one attached hydrogen (secondary N) is 1. The summed E-state index contributed by atoms with van der Waals surface area (Å²) in [5, 5.41) is 15.3. The predicted octanol–water partition coefficient (Wildman–Crippen LogP) is 0.988. The normalized spacial score (nSPS) is 23.7. The van der Waals surface area contributed by atoms with Crippen molar-refractivity contribution in [3.8, 4) is 0 Å². The summed E-state index contributed by atoms with van der Waals surface area (Å²) >= 11 is 0. The molecule has 1 N–H and O–H groups in total. The molecule has 0 amide bonds. The average Bonchev–Trinajstić information content (AvgIpc) is 3.00. The van der Waals surface area contributed by atoms with Crippen molar-refractivity contribution in [2.45, 2.75) is 52.3 Å². The van der Waals surface area contributed by atoms with Crippen molar-refractivity contribution in [2.75, 3.05) is 13.2 Å². The highest BCUT2D eigenvalue weighted by Crippen LogP contribution is 2.24. The van der Waals surface area contributed by atoms with Crippen molar-refractivity contribution in [1.82, 2.24) is 25.5 Å². The second-order valence-corrected chi connectivity index (χ2v) is 4.82. The Bertz CT molecular complexity index is 354. The van der Waals surface area contributed by atoms with Gasteiger partial charge in [-0.05, 0) is 36.2 Å². The molecule has 6 heteroatoms. The first kappa shape index (κ1) is 13.4. The second-order valence-electron chi connectivity index (χ2n) is 4.82. The number of ether oxygens (including phenoxy) is 1. The Balaban J connectivity index is 1.90. The van der Waals surface area contributed by atoms with Crippen molar-refractivity contribution in [1.29, 1.82) is 0 Å². The predicted molar refractivity (Wildman–Crippen MR) is 68.0 cm³/mol. The van der Waals surface area contributed by atoms with Crippen molar-refractivity contribution >= 4 is 0 Å². The van der Waals surface area contributed by atoms with E-state index in [0.29, 0.717) is 12.0 Å². The summed E-state index contributed by atoms with van der Waals surface area (Å²) in [5.74, 6) is 1.47. The molecule has 0 saturated carbocycles. The van der Waals surface area contributed by atoms with Gasteiger partial charge in [-0.2, -0.15) is 0 Å². The lowest BCUT2D eigenvalue weighted by Gasteiger charge is -2.16. The summed E-state index contributed by atoms with van der Waals surface area (Å²) in [6.07, 6.45) is 3.66. The lowest BCUT2D eigenvalue weighted by atomic mass is 10.00. The van der Waals surface area contributed by atoms with Crippen molar-refractivity contribution in [2.24, 2.45) is 5.92 Å². The molecule has 0 aromatic carbocycles. The number of aromatic nitrogens is 4. The fourth-order valence-electron chi connectivity index (χ4n) is 2.44. The first-order chi connectivity index (χ1) is 8.85. The van der Waals surface area contributed by atoms with Gasteiger partial charge in [-0.1, -0.05) is 13.8 Å². The minimum atomic E-state index is 0.366. The van der Waals surface area contributed by atoms with Gasteiger partial charge in [-0.3, -0.25) is 0 Å². The summed E-state index contributed by atoms with van der Waals surface area (Å²) in [6, 6.07) is 0. The molecule has 1 aromatic heterocycles. The van der Waals surface area contributed by atoms with Gasteiger partial charge in [-0.25, -0.2) is 4.68 Å². The van der Waals surface area contributed by atoms with Gasteiger partial charge in [0, 0.05) is 12.5 Å². The molecule has 2 unspecified atom stereocenters. The van der Waals surface area contributed by atoms with Gasteiger partial charge < -0.3 is 10.1 Å². The van der Waals surface area contributed by atoms with E-state index in [1.165, 1.54) is 0 Å². The molecule has 2 rings (SSSR count). The zero-order valence-electron chi connectivity index (χ0n) is 11.3. The van der Waals surface area contributed by atoms with Gasteiger partial charge in [0.25, 0.3) is 0 Å². The van der Waals surface area contributed by atoms with Crippen LogP contribution in [0.4, 0.5) is 0 Å². The maximum atomic E-state index is 5.70. The summed E-state index contributed by atoms with van der Waals surface area (Å²) in [7, 11) is 0. The van der Waals surface area contributed by atoms with Gasteiger partial charge in [0.15, 0.2) is 5.82 Å². The molecule has 1 aliphatic heterocycles. The van der Waals surface area contributed by atoms with Gasteiger partial charge >= 0.3 is 0 Å². The van der Waals surface area contributed by atoms with E-state index >= 15 is 0 Å². The van der Waals surface area contributed by atoms with Crippen molar-refractivity contribution in [3.63, 3.8) is 0 Å². The van der Waals surface area contributed by atoms with Crippen LogP contribution in [-0.4, -0.2) is 39.5 Å². The Morgan fingerprint density at radius 1 is 1.44 bits per heavy atom. The molecule has 2 atom stereocenters. The largest absolute Gasteiger partial charge is 0.378 e. The molecule has 1 fully saturated rings. The number of nitrogens with zero attached hydrogens (tertiary/aromatic N) is 4. The average molecular weight is 253 g/mol. The highest BCUT2D eigenvalue weighted by atomic mass is 16.5. The fraction of sp³-hybridized carbons (Fsp3) is 0.917. The summed E-state index contributed by atoms with van der Waals surface area (Å²) in [6.45, 7) is 7.80. The SMILES string of the molecule is CCCNCc1nnnn1CC1CCOC1CC. The lowest BCUT2D eigenvalue weighted by Crippen LogP contribution is -2.24. The monoisotopic (exact) mass is 253 g/mol. The molecule has 102 valence electrons. The maximum absolute atomic E-state index is 5.70. The third-order valence-electron chi connectivity index (χ3n) is 3.47. The molecule has 0 aliphatic carbocycles. The Kier molecular flexibility index (Phi) is 5.07. The minimum Gasteiger partial charge on any atom is -0.378 e. The quantitative estimate of drug-likeness (QED) is 0.734. The Labute approximate surface area is 108 Å². The van der Waals surface area contributed by atoms with E-state index in [1.54, 1.807) is 0 Å². The number of rotatable bonds is 7. The molecular formula is C12H23N5O. The summed E-state index contributed by atoms with van der Waals surface area (Å²) < 4.78 is 7.63. The first-order valence-corrected chi connectivity index (χ1v) is 6.92. The van der Waals surface area contributed by atoms with Crippen LogP contribution >= 0.6 is 0 Å². The Morgan fingerprint density at radius 3 is 3.11 bits per heavy atom. The van der Waals surface area contributed by atoms with Crippen LogP contribution in [0.3, 0.4) is 0 Å². The molecule has 0 bridgehead atoms. The van der Waals surface area contributed by atoms with E-state index in [-0.39, 0.29) is 0 Å². The molecule has 1 saturated heterocycles. The van der Waals surface area contributed by atoms with Gasteiger partial charge in [0.1, 0.15) is 0 Å². The summed E-state index contributed by atoms with van der Waals surface area (Å²) in [5.41, 5.74) is 0. The van der Waals surface area contributed by atoms with Gasteiger partial charge in [0.05, 0.1) is 19.2 Å². The zero-order valence-corrected chi connectivity index (χ0v) is 11.3. The molecular weight excluding hydrogens is 230 g/mol. The lowest BCUT2D eigenvalue weighted by molar-refractivity contribution is 0.0821. The topological polar surface area (TPSA) is 64.9 Å². The third kappa shape index (κ3) is 3.26. The Hall–Kier alpha value is -1.01. The maximum Gasteiger partial charge on any atom is 0.165 e. The first-order valence-electron chi connectivity index (χ1n) is 6.92. The van der Waals surface area contributed by atoms with Crippen LogP contribution in [0.2, 0.25) is 0 Å². The van der Waals surface area contributed by atoms with Gasteiger partial charge in [-0.15, -0.1) is 5.10 Å². The van der Waals surface area contributed by atoms with E-state index in [2.05, 4.69) is 34.7 Å². The molecule has 18 heavy (non-hydrogen) atoms. The summed E-state index contributed by atoms with van der Waals surface area (Å²) in [4.78, 5) is 0. The smallest absolute Gasteiger partial charge is 0.165 e. The van der Waals surface area contributed by atoms with E-state index in [0.717, 1.165) is 51.3 Å². The second kappa shape index (κ2) is 6.80. The molecule has 0 radical (unpaired) electrons. The molecule has 1 aliphatic rings. The number of tetrazole rings is 1. The van der Waals surface area contributed by atoms with E-state index in [9.17, 15) is 0 Å². The third-order valence-corrected chi connectivity index (χ3v) is 3.47. The van der Waals surface area contributed by atoms with Crippen LogP contribution in [0, 0.1) is 5.92 Å². The highest BCUT2D eigenvalue weighted by Gasteiger charge is 2.28. The molecule has 2 heterocycles. The van der Waals surface area contributed by atoms with Crippen molar-refractivity contribution < 1.29 is 4.74 Å². The van der Waals surface area contributed by atoms with Crippen LogP contribution < -0.4 is 5.32 Å².